The third-order valence-electron chi connectivity index (χ3n) is 3.96. The molecule has 16 heavy (non-hydrogen) atoms. The Labute approximate surface area is 97.6 Å². The zero-order chi connectivity index (χ0) is 11.4. The number of carbonyl (C=O) groups is 1. The number of amides is 1. The van der Waals surface area contributed by atoms with Gasteiger partial charge in [0.25, 0.3) is 0 Å². The highest BCUT2D eigenvalue weighted by atomic mass is 16.2. The fourth-order valence-electron chi connectivity index (χ4n) is 3.06. The third-order valence-corrected chi connectivity index (χ3v) is 3.96. The maximum absolute atomic E-state index is 11.4. The lowest BCUT2D eigenvalue weighted by Gasteiger charge is -2.37. The molecule has 0 aromatic rings. The first kappa shape index (κ1) is 11.9. The van der Waals surface area contributed by atoms with Crippen LogP contribution in [0.4, 0.5) is 0 Å². The minimum Gasteiger partial charge on any atom is -0.354 e. The van der Waals surface area contributed by atoms with E-state index in [2.05, 4.69) is 10.2 Å². The summed E-state index contributed by atoms with van der Waals surface area (Å²) in [6, 6.07) is 0.540. The minimum absolute atomic E-state index is 0.172. The quantitative estimate of drug-likeness (QED) is 0.666. The van der Waals surface area contributed by atoms with E-state index in [0.717, 1.165) is 19.6 Å². The SMILES string of the molecule is NCC1CCCCCC1N1CCNC(=O)C1. The summed E-state index contributed by atoms with van der Waals surface area (Å²) in [6.07, 6.45) is 6.37. The number of piperazine rings is 1. The Balaban J connectivity index is 2.00. The van der Waals surface area contributed by atoms with Gasteiger partial charge in [0.2, 0.25) is 5.91 Å². The van der Waals surface area contributed by atoms with E-state index in [4.69, 9.17) is 5.73 Å². The second kappa shape index (κ2) is 5.64. The molecule has 2 aliphatic rings. The largest absolute Gasteiger partial charge is 0.354 e. The summed E-state index contributed by atoms with van der Waals surface area (Å²) < 4.78 is 0. The second-order valence-corrected chi connectivity index (χ2v) is 5.02. The van der Waals surface area contributed by atoms with Crippen molar-refractivity contribution < 1.29 is 4.79 Å². The maximum Gasteiger partial charge on any atom is 0.234 e. The molecule has 2 unspecified atom stereocenters. The van der Waals surface area contributed by atoms with Crippen molar-refractivity contribution in [2.24, 2.45) is 11.7 Å². The van der Waals surface area contributed by atoms with Crippen LogP contribution >= 0.6 is 0 Å². The van der Waals surface area contributed by atoms with Gasteiger partial charge in [0.05, 0.1) is 6.54 Å². The van der Waals surface area contributed by atoms with Crippen molar-refractivity contribution in [2.75, 3.05) is 26.2 Å². The van der Waals surface area contributed by atoms with Gasteiger partial charge in [-0.1, -0.05) is 19.3 Å². The summed E-state index contributed by atoms with van der Waals surface area (Å²) in [5, 5.41) is 2.89. The molecular formula is C12H23N3O. The first-order valence-electron chi connectivity index (χ1n) is 6.52. The van der Waals surface area contributed by atoms with E-state index in [1.807, 2.05) is 0 Å². The van der Waals surface area contributed by atoms with Crippen LogP contribution in [0.15, 0.2) is 0 Å². The smallest absolute Gasteiger partial charge is 0.234 e. The van der Waals surface area contributed by atoms with E-state index in [0.29, 0.717) is 18.5 Å². The van der Waals surface area contributed by atoms with Crippen molar-refractivity contribution in [3.63, 3.8) is 0 Å². The van der Waals surface area contributed by atoms with Gasteiger partial charge in [-0.2, -0.15) is 0 Å². The molecule has 1 aliphatic carbocycles. The summed E-state index contributed by atoms with van der Waals surface area (Å²) in [4.78, 5) is 13.8. The molecule has 2 fully saturated rings. The Morgan fingerprint density at radius 3 is 2.88 bits per heavy atom. The average molecular weight is 225 g/mol. The van der Waals surface area contributed by atoms with Crippen LogP contribution in [0.1, 0.15) is 32.1 Å². The fraction of sp³-hybridized carbons (Fsp3) is 0.917. The highest BCUT2D eigenvalue weighted by Gasteiger charge is 2.30. The summed E-state index contributed by atoms with van der Waals surface area (Å²) in [7, 11) is 0. The Bertz CT molecular complexity index is 244. The normalized spacial score (nSPS) is 33.2. The molecule has 92 valence electrons. The molecule has 1 amide bonds. The van der Waals surface area contributed by atoms with Crippen LogP contribution in [0.25, 0.3) is 0 Å². The van der Waals surface area contributed by atoms with Gasteiger partial charge in [-0.3, -0.25) is 9.69 Å². The molecule has 2 atom stereocenters. The number of hydrogen-bond donors (Lipinski definition) is 2. The second-order valence-electron chi connectivity index (χ2n) is 5.02. The minimum atomic E-state index is 0.172. The van der Waals surface area contributed by atoms with Crippen molar-refractivity contribution in [2.45, 2.75) is 38.1 Å². The molecule has 0 aromatic heterocycles. The molecule has 3 N–H and O–H groups in total. The average Bonchev–Trinajstić information content (AvgIpc) is 2.53. The van der Waals surface area contributed by atoms with Crippen molar-refractivity contribution in [3.8, 4) is 0 Å². The van der Waals surface area contributed by atoms with E-state index in [-0.39, 0.29) is 5.91 Å². The Kier molecular flexibility index (Phi) is 4.18. The van der Waals surface area contributed by atoms with Crippen LogP contribution in [-0.2, 0) is 4.79 Å². The monoisotopic (exact) mass is 225 g/mol. The van der Waals surface area contributed by atoms with Gasteiger partial charge in [-0.15, -0.1) is 0 Å². The van der Waals surface area contributed by atoms with Crippen molar-refractivity contribution in [1.29, 1.82) is 0 Å². The molecule has 1 saturated carbocycles. The Morgan fingerprint density at radius 1 is 1.31 bits per heavy atom. The predicted molar refractivity (Wildman–Crippen MR) is 64.0 cm³/mol. The van der Waals surface area contributed by atoms with Gasteiger partial charge in [0.15, 0.2) is 0 Å². The number of hydrogen-bond acceptors (Lipinski definition) is 3. The number of nitrogens with two attached hydrogens (primary N) is 1. The molecule has 4 nitrogen and oxygen atoms in total. The summed E-state index contributed by atoms with van der Waals surface area (Å²) in [6.45, 7) is 3.13. The third kappa shape index (κ3) is 2.74. The zero-order valence-corrected chi connectivity index (χ0v) is 9.95. The van der Waals surface area contributed by atoms with E-state index >= 15 is 0 Å². The Hall–Kier alpha value is -0.610. The first-order chi connectivity index (χ1) is 7.81. The lowest BCUT2D eigenvalue weighted by atomic mass is 9.93. The first-order valence-corrected chi connectivity index (χ1v) is 6.52. The van der Waals surface area contributed by atoms with Gasteiger partial charge in [0.1, 0.15) is 0 Å². The summed E-state index contributed by atoms with van der Waals surface area (Å²) in [5.74, 6) is 0.764. The van der Waals surface area contributed by atoms with Crippen molar-refractivity contribution in [3.05, 3.63) is 0 Å². The van der Waals surface area contributed by atoms with Crippen LogP contribution < -0.4 is 11.1 Å². The summed E-state index contributed by atoms with van der Waals surface area (Å²) >= 11 is 0. The lowest BCUT2D eigenvalue weighted by molar-refractivity contribution is -0.125. The number of rotatable bonds is 2. The van der Waals surface area contributed by atoms with Crippen LogP contribution in [0.5, 0.6) is 0 Å². The van der Waals surface area contributed by atoms with Crippen LogP contribution in [0.2, 0.25) is 0 Å². The number of nitrogens with zero attached hydrogens (tertiary/aromatic N) is 1. The molecule has 1 aliphatic heterocycles. The van der Waals surface area contributed by atoms with Crippen molar-refractivity contribution in [1.82, 2.24) is 10.2 Å². The molecule has 0 radical (unpaired) electrons. The molecule has 0 aromatic carbocycles. The standard InChI is InChI=1S/C12H23N3O/c13-8-10-4-2-1-3-5-11(10)15-7-6-14-12(16)9-15/h10-11H,1-9,13H2,(H,14,16). The van der Waals surface area contributed by atoms with Gasteiger partial charge in [-0.05, 0) is 25.3 Å². The highest BCUT2D eigenvalue weighted by molar-refractivity contribution is 5.78. The summed E-state index contributed by atoms with van der Waals surface area (Å²) in [5.41, 5.74) is 5.88. The Morgan fingerprint density at radius 2 is 2.12 bits per heavy atom. The highest BCUT2D eigenvalue weighted by Crippen LogP contribution is 2.27. The molecule has 1 saturated heterocycles. The molecule has 2 rings (SSSR count). The number of nitrogens with one attached hydrogen (secondary N) is 1. The zero-order valence-electron chi connectivity index (χ0n) is 9.95. The van der Waals surface area contributed by atoms with Gasteiger partial charge < -0.3 is 11.1 Å². The van der Waals surface area contributed by atoms with Crippen LogP contribution in [-0.4, -0.2) is 43.0 Å². The maximum atomic E-state index is 11.4. The van der Waals surface area contributed by atoms with Crippen LogP contribution in [0.3, 0.4) is 0 Å². The van der Waals surface area contributed by atoms with Gasteiger partial charge >= 0.3 is 0 Å². The van der Waals surface area contributed by atoms with E-state index in [1.54, 1.807) is 0 Å². The van der Waals surface area contributed by atoms with Gasteiger partial charge in [0, 0.05) is 19.1 Å². The van der Waals surface area contributed by atoms with Crippen LogP contribution in [0, 0.1) is 5.92 Å². The molecule has 0 bridgehead atoms. The molecular weight excluding hydrogens is 202 g/mol. The molecule has 4 heteroatoms. The topological polar surface area (TPSA) is 58.4 Å². The molecule has 1 heterocycles. The van der Waals surface area contributed by atoms with E-state index in [1.165, 1.54) is 32.1 Å². The van der Waals surface area contributed by atoms with E-state index in [9.17, 15) is 4.79 Å². The molecule has 0 spiro atoms. The van der Waals surface area contributed by atoms with Crippen molar-refractivity contribution >= 4 is 5.91 Å². The predicted octanol–water partition coefficient (Wildman–Crippen LogP) is 0.326. The van der Waals surface area contributed by atoms with Gasteiger partial charge in [-0.25, -0.2) is 0 Å². The number of carbonyl (C=O) groups excluding carboxylic acids is 1. The fourth-order valence-corrected chi connectivity index (χ4v) is 3.06. The lowest BCUT2D eigenvalue weighted by Crippen LogP contribution is -2.54. The van der Waals surface area contributed by atoms with E-state index < -0.39 is 0 Å².